The summed E-state index contributed by atoms with van der Waals surface area (Å²) in [6.07, 6.45) is 3.34. The van der Waals surface area contributed by atoms with Gasteiger partial charge in [-0.15, -0.1) is 11.3 Å². The molecular formula is C34H25N5O3S2. The van der Waals surface area contributed by atoms with Crippen molar-refractivity contribution in [3.63, 3.8) is 0 Å². The third-order valence-corrected chi connectivity index (χ3v) is 9.05. The van der Waals surface area contributed by atoms with Crippen molar-refractivity contribution in [1.82, 2.24) is 15.0 Å². The molecule has 1 atom stereocenters. The van der Waals surface area contributed by atoms with Crippen LogP contribution >= 0.6 is 22.7 Å². The summed E-state index contributed by atoms with van der Waals surface area (Å²) in [7, 11) is 0. The summed E-state index contributed by atoms with van der Waals surface area (Å²) in [6, 6.07) is 27.0. The van der Waals surface area contributed by atoms with Gasteiger partial charge in [0.25, 0.3) is 11.8 Å². The van der Waals surface area contributed by atoms with E-state index < -0.39 is 6.04 Å². The van der Waals surface area contributed by atoms with Gasteiger partial charge in [0.1, 0.15) is 5.75 Å². The molecule has 7 aromatic rings. The third kappa shape index (κ3) is 5.36. The number of thiazole rings is 1. The van der Waals surface area contributed by atoms with Crippen LogP contribution in [-0.4, -0.2) is 33.4 Å². The van der Waals surface area contributed by atoms with Gasteiger partial charge in [0.2, 0.25) is 0 Å². The highest BCUT2D eigenvalue weighted by atomic mass is 32.1. The van der Waals surface area contributed by atoms with Crippen LogP contribution in [0, 0.1) is 0 Å². The van der Waals surface area contributed by atoms with Crippen LogP contribution in [0.1, 0.15) is 28.2 Å². The highest BCUT2D eigenvalue weighted by molar-refractivity contribution is 7.22. The lowest BCUT2D eigenvalue weighted by Crippen LogP contribution is -2.41. The number of benzene rings is 3. The fourth-order valence-electron chi connectivity index (χ4n) is 5.09. The number of nitrogens with zero attached hydrogens (tertiary/aromatic N) is 4. The van der Waals surface area contributed by atoms with Gasteiger partial charge in [0, 0.05) is 27.4 Å². The molecule has 4 heterocycles. The molecule has 10 heteroatoms. The summed E-state index contributed by atoms with van der Waals surface area (Å²) < 4.78 is 6.55. The number of thiophene rings is 1. The van der Waals surface area contributed by atoms with Crippen LogP contribution in [0.5, 0.6) is 5.75 Å². The zero-order chi connectivity index (χ0) is 30.0. The lowest BCUT2D eigenvalue weighted by Gasteiger charge is -2.28. The number of hydrogen-bond donors (Lipinski definition) is 1. The second kappa shape index (κ2) is 11.8. The lowest BCUT2D eigenvalue weighted by molar-refractivity contribution is -0.117. The maximum atomic E-state index is 14.6. The number of ether oxygens (including phenoxy) is 1. The van der Waals surface area contributed by atoms with Gasteiger partial charge in [-0.2, -0.15) is 0 Å². The van der Waals surface area contributed by atoms with Gasteiger partial charge < -0.3 is 10.1 Å². The van der Waals surface area contributed by atoms with Crippen LogP contribution in [0.2, 0.25) is 0 Å². The molecule has 3 aromatic carbocycles. The summed E-state index contributed by atoms with van der Waals surface area (Å²) in [4.78, 5) is 44.8. The predicted octanol–water partition coefficient (Wildman–Crippen LogP) is 7.88. The first-order chi connectivity index (χ1) is 21.6. The zero-order valence-corrected chi connectivity index (χ0v) is 25.1. The van der Waals surface area contributed by atoms with E-state index in [0.717, 1.165) is 26.5 Å². The number of pyridine rings is 2. The van der Waals surface area contributed by atoms with E-state index in [1.54, 1.807) is 24.5 Å². The van der Waals surface area contributed by atoms with Crippen molar-refractivity contribution in [2.45, 2.75) is 13.0 Å². The number of para-hydroxylation sites is 1. The van der Waals surface area contributed by atoms with Gasteiger partial charge in [-0.25, -0.2) is 4.98 Å². The molecule has 0 spiro atoms. The Labute approximate surface area is 260 Å². The molecule has 8 nitrogen and oxygen atoms in total. The second-order valence-electron chi connectivity index (χ2n) is 9.97. The van der Waals surface area contributed by atoms with Crippen LogP contribution in [-0.2, 0) is 4.79 Å². The fraction of sp³-hybridized carbons (Fsp3) is 0.0882. The lowest BCUT2D eigenvalue weighted by atomic mass is 10.1. The molecule has 0 aliphatic carbocycles. The van der Waals surface area contributed by atoms with Crippen LogP contribution in [0.4, 0.5) is 10.8 Å². The van der Waals surface area contributed by atoms with Gasteiger partial charge in [-0.3, -0.25) is 24.5 Å². The number of carbonyl (C=O) groups excluding carboxylic acids is 2. The van der Waals surface area contributed by atoms with Crippen molar-refractivity contribution in [3.05, 3.63) is 119 Å². The Balaban J connectivity index is 1.35. The molecule has 7 rings (SSSR count). The maximum Gasteiger partial charge on any atom is 0.261 e. The minimum absolute atomic E-state index is 0.356. The van der Waals surface area contributed by atoms with Gasteiger partial charge >= 0.3 is 0 Å². The van der Waals surface area contributed by atoms with Crippen molar-refractivity contribution in [1.29, 1.82) is 0 Å². The molecule has 0 aliphatic rings. The Kier molecular flexibility index (Phi) is 7.43. The zero-order valence-electron chi connectivity index (χ0n) is 23.5. The number of amides is 2. The molecule has 1 N–H and O–H groups in total. The third-order valence-electron chi connectivity index (χ3n) is 7.11. The Morgan fingerprint density at radius 1 is 0.886 bits per heavy atom. The molecule has 0 bridgehead atoms. The van der Waals surface area contributed by atoms with Crippen LogP contribution in [0.25, 0.3) is 32.0 Å². The molecular weight excluding hydrogens is 591 g/mol. The predicted molar refractivity (Wildman–Crippen MR) is 177 cm³/mol. The highest BCUT2D eigenvalue weighted by Gasteiger charge is 2.36. The monoisotopic (exact) mass is 615 g/mol. The van der Waals surface area contributed by atoms with Gasteiger partial charge in [0.05, 0.1) is 39.7 Å². The quantitative estimate of drug-likeness (QED) is 0.187. The van der Waals surface area contributed by atoms with E-state index in [2.05, 4.69) is 15.3 Å². The number of hydrogen-bond acceptors (Lipinski definition) is 8. The topological polar surface area (TPSA) is 97.3 Å². The first kappa shape index (κ1) is 27.6. The second-order valence-corrected chi connectivity index (χ2v) is 12.0. The van der Waals surface area contributed by atoms with Crippen LogP contribution in [0.15, 0.2) is 109 Å². The molecule has 216 valence electrons. The van der Waals surface area contributed by atoms with Crippen LogP contribution < -0.4 is 15.0 Å². The van der Waals surface area contributed by atoms with Gasteiger partial charge in [-0.05, 0) is 73.0 Å². The number of carbonyl (C=O) groups is 2. The summed E-state index contributed by atoms with van der Waals surface area (Å²) in [6.45, 7) is 2.46. The van der Waals surface area contributed by atoms with E-state index in [9.17, 15) is 9.59 Å². The summed E-state index contributed by atoms with van der Waals surface area (Å²) >= 11 is 2.74. The van der Waals surface area contributed by atoms with Gasteiger partial charge in [0.15, 0.2) is 11.2 Å². The maximum absolute atomic E-state index is 14.6. The summed E-state index contributed by atoms with van der Waals surface area (Å²) in [5, 5.41) is 7.04. The first-order valence-corrected chi connectivity index (χ1v) is 15.7. The van der Waals surface area contributed by atoms with E-state index in [0.29, 0.717) is 39.1 Å². The average Bonchev–Trinajstić information content (AvgIpc) is 3.73. The molecule has 0 saturated carbocycles. The smallest absolute Gasteiger partial charge is 0.261 e. The summed E-state index contributed by atoms with van der Waals surface area (Å²) in [5.41, 5.74) is 3.25. The Morgan fingerprint density at radius 3 is 2.57 bits per heavy atom. The van der Waals surface area contributed by atoms with Crippen molar-refractivity contribution >= 4 is 77.3 Å². The van der Waals surface area contributed by atoms with Crippen molar-refractivity contribution < 1.29 is 14.3 Å². The largest absolute Gasteiger partial charge is 0.494 e. The first-order valence-electron chi connectivity index (χ1n) is 14.0. The SMILES string of the molecule is CCOc1ccc2nc(N(C(=O)c3ccc4ncccc4c3)C(C(=O)Nc3cnc4ccccc4c3)c3cccs3)sc2c1. The molecule has 4 aromatic heterocycles. The molecule has 0 fully saturated rings. The normalized spacial score (nSPS) is 11.9. The Bertz CT molecular complexity index is 2140. The summed E-state index contributed by atoms with van der Waals surface area (Å²) in [5.74, 6) is -0.0221. The van der Waals surface area contributed by atoms with E-state index in [4.69, 9.17) is 9.72 Å². The molecule has 0 aliphatic heterocycles. The van der Waals surface area contributed by atoms with Gasteiger partial charge in [-0.1, -0.05) is 41.7 Å². The van der Waals surface area contributed by atoms with Crippen molar-refractivity contribution in [2.75, 3.05) is 16.8 Å². The minimum atomic E-state index is -1.01. The van der Waals surface area contributed by atoms with E-state index >= 15 is 0 Å². The van der Waals surface area contributed by atoms with E-state index in [1.165, 1.54) is 27.6 Å². The molecule has 0 radical (unpaired) electrons. The molecule has 0 saturated heterocycles. The van der Waals surface area contributed by atoms with Crippen LogP contribution in [0.3, 0.4) is 0 Å². The average molecular weight is 616 g/mol. The molecule has 1 unspecified atom stereocenters. The van der Waals surface area contributed by atoms with E-state index in [-0.39, 0.29) is 11.8 Å². The number of fused-ring (bicyclic) bond motifs is 3. The fourth-order valence-corrected chi connectivity index (χ4v) is 6.92. The number of aromatic nitrogens is 3. The Morgan fingerprint density at radius 2 is 1.70 bits per heavy atom. The highest BCUT2D eigenvalue weighted by Crippen LogP contribution is 2.38. The molecule has 2 amide bonds. The minimum Gasteiger partial charge on any atom is -0.494 e. The molecule has 44 heavy (non-hydrogen) atoms. The Hall–Kier alpha value is -5.19. The number of anilines is 2. The van der Waals surface area contributed by atoms with Crippen molar-refractivity contribution in [3.8, 4) is 5.75 Å². The standard InChI is InChI=1S/C34H25N5O3S2/c1-2-42-25-12-14-28-30(19-25)44-34(38-28)39(33(41)23-11-13-27-21(17-23)8-5-15-35-27)31(29-10-6-16-43-29)32(40)37-24-18-22-7-3-4-9-26(22)36-20-24/h3-20,31H,2H2,1H3,(H,37,40). The number of rotatable bonds is 8. The van der Waals surface area contributed by atoms with Crippen molar-refractivity contribution in [2.24, 2.45) is 0 Å². The van der Waals surface area contributed by atoms with E-state index in [1.807, 2.05) is 91.2 Å². The number of nitrogens with one attached hydrogen (secondary N) is 1.